The number of methoxy groups -OCH3 is 1. The molecule has 0 radical (unpaired) electrons. The minimum Gasteiger partial charge on any atom is -0.496 e. The molecule has 0 atom stereocenters. The number of nitrogens with one attached hydrogen (secondary N) is 1. The van der Waals surface area contributed by atoms with Crippen LogP contribution in [0.2, 0.25) is 0 Å². The Bertz CT molecular complexity index is 482. The number of rotatable bonds is 8. The molecular weight excluding hydrogens is 282 g/mol. The minimum absolute atomic E-state index is 0.167. The molecule has 8 heteroatoms. The lowest BCUT2D eigenvalue weighted by Gasteiger charge is -2.07. The number of amides is 1. The molecule has 0 bridgehead atoms. The highest BCUT2D eigenvalue weighted by molar-refractivity contribution is 7.99. The van der Waals surface area contributed by atoms with Crippen LogP contribution in [-0.2, 0) is 4.79 Å². The average molecular weight is 299 g/mol. The summed E-state index contributed by atoms with van der Waals surface area (Å²) in [6, 6.07) is 4.29. The van der Waals surface area contributed by atoms with Gasteiger partial charge < -0.3 is 15.8 Å². The van der Waals surface area contributed by atoms with Gasteiger partial charge in [0.25, 0.3) is 5.69 Å². The van der Waals surface area contributed by atoms with E-state index in [1.165, 1.54) is 31.0 Å². The first kappa shape index (κ1) is 16.3. The molecule has 1 aromatic rings. The summed E-state index contributed by atoms with van der Waals surface area (Å²) < 4.78 is 4.92. The molecule has 0 spiro atoms. The van der Waals surface area contributed by atoms with Gasteiger partial charge in [0.05, 0.1) is 23.9 Å². The zero-order valence-corrected chi connectivity index (χ0v) is 11.9. The van der Waals surface area contributed by atoms with Gasteiger partial charge in [0.2, 0.25) is 5.91 Å². The third-order valence-corrected chi connectivity index (χ3v) is 3.45. The van der Waals surface area contributed by atoms with E-state index in [2.05, 4.69) is 5.32 Å². The van der Waals surface area contributed by atoms with E-state index in [1.807, 2.05) is 0 Å². The normalized spacial score (nSPS) is 10.1. The molecule has 1 amide bonds. The Morgan fingerprint density at radius 3 is 2.90 bits per heavy atom. The zero-order valence-electron chi connectivity index (χ0n) is 11.1. The van der Waals surface area contributed by atoms with Crippen LogP contribution in [0.15, 0.2) is 18.2 Å². The van der Waals surface area contributed by atoms with Crippen molar-refractivity contribution in [1.82, 2.24) is 0 Å². The van der Waals surface area contributed by atoms with Crippen LogP contribution < -0.4 is 15.8 Å². The number of ether oxygens (including phenoxy) is 1. The molecule has 7 nitrogen and oxygen atoms in total. The van der Waals surface area contributed by atoms with Crippen molar-refractivity contribution >= 4 is 29.0 Å². The largest absolute Gasteiger partial charge is 0.496 e. The first-order valence-electron chi connectivity index (χ1n) is 5.98. The number of nitro groups is 1. The fraction of sp³-hybridized carbons (Fsp3) is 0.417. The van der Waals surface area contributed by atoms with Gasteiger partial charge in [-0.3, -0.25) is 14.9 Å². The first-order chi connectivity index (χ1) is 9.58. The summed E-state index contributed by atoms with van der Waals surface area (Å²) in [5.74, 6) is 1.12. The minimum atomic E-state index is -0.556. The fourth-order valence-electron chi connectivity index (χ4n) is 1.43. The zero-order chi connectivity index (χ0) is 15.0. The van der Waals surface area contributed by atoms with E-state index in [0.717, 1.165) is 12.2 Å². The molecule has 110 valence electrons. The second-order valence-corrected chi connectivity index (χ2v) is 4.99. The Morgan fingerprint density at radius 2 is 2.30 bits per heavy atom. The van der Waals surface area contributed by atoms with Gasteiger partial charge >= 0.3 is 0 Å². The summed E-state index contributed by atoms with van der Waals surface area (Å²) in [4.78, 5) is 22.1. The van der Waals surface area contributed by atoms with E-state index >= 15 is 0 Å². The Hall–Kier alpha value is -1.80. The lowest BCUT2D eigenvalue weighted by molar-refractivity contribution is -0.384. The van der Waals surface area contributed by atoms with Gasteiger partial charge in [-0.25, -0.2) is 0 Å². The van der Waals surface area contributed by atoms with Crippen LogP contribution in [-0.4, -0.2) is 36.0 Å². The molecule has 0 aromatic heterocycles. The second kappa shape index (κ2) is 8.39. The third kappa shape index (κ3) is 5.06. The Labute approximate surface area is 121 Å². The molecule has 0 aliphatic rings. The van der Waals surface area contributed by atoms with Crippen LogP contribution in [0.3, 0.4) is 0 Å². The van der Waals surface area contributed by atoms with Gasteiger partial charge in [-0.1, -0.05) is 0 Å². The van der Waals surface area contributed by atoms with Gasteiger partial charge in [-0.05, 0) is 30.9 Å². The number of carbonyl (C=O) groups excluding carboxylic acids is 1. The molecular formula is C12H17N3O4S. The summed E-state index contributed by atoms with van der Waals surface area (Å²) in [5, 5.41) is 13.5. The number of nitro benzene ring substituents is 1. The van der Waals surface area contributed by atoms with Crippen molar-refractivity contribution < 1.29 is 14.5 Å². The number of carbonyl (C=O) groups is 1. The van der Waals surface area contributed by atoms with E-state index in [4.69, 9.17) is 10.5 Å². The maximum atomic E-state index is 11.7. The quantitative estimate of drug-likeness (QED) is 0.429. The standard InChI is InChI=1S/C12H17N3O4S/c1-19-9-3-4-10(11(7-9)15(17)18)14-12(16)8-20-6-2-5-13/h3-4,7H,2,5-6,8,13H2,1H3,(H,14,16). The van der Waals surface area contributed by atoms with Crippen molar-refractivity contribution in [3.63, 3.8) is 0 Å². The molecule has 3 N–H and O–H groups in total. The highest BCUT2D eigenvalue weighted by atomic mass is 32.2. The van der Waals surface area contributed by atoms with E-state index in [1.54, 1.807) is 6.07 Å². The molecule has 0 saturated carbocycles. The van der Waals surface area contributed by atoms with Crippen molar-refractivity contribution in [2.24, 2.45) is 5.73 Å². The molecule has 0 unspecified atom stereocenters. The summed E-state index contributed by atoms with van der Waals surface area (Å²) in [5.41, 5.74) is 5.33. The van der Waals surface area contributed by atoms with Crippen molar-refractivity contribution in [3.8, 4) is 5.75 Å². The monoisotopic (exact) mass is 299 g/mol. The number of nitrogens with zero attached hydrogens (tertiary/aromatic N) is 1. The van der Waals surface area contributed by atoms with Gasteiger partial charge in [-0.2, -0.15) is 11.8 Å². The van der Waals surface area contributed by atoms with E-state index in [-0.39, 0.29) is 23.0 Å². The highest BCUT2D eigenvalue weighted by Crippen LogP contribution is 2.28. The van der Waals surface area contributed by atoms with Crippen molar-refractivity contribution in [1.29, 1.82) is 0 Å². The molecule has 0 heterocycles. The lowest BCUT2D eigenvalue weighted by Crippen LogP contribution is -2.15. The predicted molar refractivity (Wildman–Crippen MR) is 79.3 cm³/mol. The van der Waals surface area contributed by atoms with Crippen molar-refractivity contribution in [2.45, 2.75) is 6.42 Å². The molecule has 0 saturated heterocycles. The summed E-state index contributed by atoms with van der Waals surface area (Å²) in [7, 11) is 1.42. The molecule has 1 aromatic carbocycles. The molecule has 0 fully saturated rings. The van der Waals surface area contributed by atoms with E-state index < -0.39 is 4.92 Å². The van der Waals surface area contributed by atoms with Crippen LogP contribution in [0.4, 0.5) is 11.4 Å². The first-order valence-corrected chi connectivity index (χ1v) is 7.14. The summed E-state index contributed by atoms with van der Waals surface area (Å²) >= 11 is 1.44. The van der Waals surface area contributed by atoms with Crippen LogP contribution in [0.1, 0.15) is 6.42 Å². The van der Waals surface area contributed by atoms with Crippen LogP contribution in [0, 0.1) is 10.1 Å². The number of benzene rings is 1. The smallest absolute Gasteiger partial charge is 0.296 e. The van der Waals surface area contributed by atoms with Crippen LogP contribution >= 0.6 is 11.8 Å². The van der Waals surface area contributed by atoms with Crippen LogP contribution in [0.25, 0.3) is 0 Å². The molecule has 0 aliphatic carbocycles. The summed E-state index contributed by atoms with van der Waals surface area (Å²) in [6.07, 6.45) is 0.834. The van der Waals surface area contributed by atoms with E-state index in [0.29, 0.717) is 12.3 Å². The Kier molecular flexibility index (Phi) is 6.82. The maximum Gasteiger partial charge on any atom is 0.296 e. The highest BCUT2D eigenvalue weighted by Gasteiger charge is 2.17. The van der Waals surface area contributed by atoms with Crippen molar-refractivity contribution in [3.05, 3.63) is 28.3 Å². The molecule has 20 heavy (non-hydrogen) atoms. The SMILES string of the molecule is COc1ccc(NC(=O)CSCCCN)c([N+](=O)[O-])c1. The van der Waals surface area contributed by atoms with Crippen LogP contribution in [0.5, 0.6) is 5.75 Å². The van der Waals surface area contributed by atoms with Gasteiger partial charge in [-0.15, -0.1) is 0 Å². The number of anilines is 1. The molecule has 0 aliphatic heterocycles. The Morgan fingerprint density at radius 1 is 1.55 bits per heavy atom. The van der Waals surface area contributed by atoms with Gasteiger partial charge in [0.15, 0.2) is 0 Å². The molecule has 1 rings (SSSR count). The number of hydrogen-bond donors (Lipinski definition) is 2. The van der Waals surface area contributed by atoms with Gasteiger partial charge in [0.1, 0.15) is 11.4 Å². The second-order valence-electron chi connectivity index (χ2n) is 3.88. The predicted octanol–water partition coefficient (Wildman–Crippen LogP) is 1.62. The average Bonchev–Trinajstić information content (AvgIpc) is 2.43. The number of thioether (sulfide) groups is 1. The number of nitrogens with two attached hydrogens (primary N) is 1. The van der Waals surface area contributed by atoms with Crippen molar-refractivity contribution in [2.75, 3.05) is 30.5 Å². The topological polar surface area (TPSA) is 107 Å². The third-order valence-electron chi connectivity index (χ3n) is 2.40. The lowest BCUT2D eigenvalue weighted by atomic mass is 10.2. The Balaban J connectivity index is 2.66. The van der Waals surface area contributed by atoms with E-state index in [9.17, 15) is 14.9 Å². The number of hydrogen-bond acceptors (Lipinski definition) is 6. The van der Waals surface area contributed by atoms with Gasteiger partial charge in [0, 0.05) is 0 Å². The maximum absolute atomic E-state index is 11.7. The fourth-order valence-corrected chi connectivity index (χ4v) is 2.20. The summed E-state index contributed by atoms with van der Waals surface area (Å²) in [6.45, 7) is 0.582.